The van der Waals surface area contributed by atoms with Gasteiger partial charge in [0.15, 0.2) is 10.8 Å². The molecule has 0 aliphatic heterocycles. The second-order valence-corrected chi connectivity index (χ2v) is 5.67. The standard InChI is InChI=1S/C9H9ClN6O2S/c1-15-8(6(3-11)4-12-15)14-19(17,18)9-7(10)5-13-16(9)2/h4-5,14H,1-2H3. The number of nitrogens with zero attached hydrogens (tertiary/aromatic N) is 5. The molecule has 0 radical (unpaired) electrons. The molecule has 0 amide bonds. The number of rotatable bonds is 3. The number of anilines is 1. The first-order valence-electron chi connectivity index (χ1n) is 4.99. The van der Waals surface area contributed by atoms with Crippen LogP contribution in [0.15, 0.2) is 17.4 Å². The second kappa shape index (κ2) is 4.56. The van der Waals surface area contributed by atoms with Gasteiger partial charge in [0.1, 0.15) is 11.6 Å². The minimum atomic E-state index is -3.95. The quantitative estimate of drug-likeness (QED) is 0.887. The van der Waals surface area contributed by atoms with Crippen molar-refractivity contribution in [1.82, 2.24) is 19.6 Å². The van der Waals surface area contributed by atoms with E-state index in [1.54, 1.807) is 0 Å². The highest BCUT2D eigenvalue weighted by Gasteiger charge is 2.25. The highest BCUT2D eigenvalue weighted by Crippen LogP contribution is 2.23. The molecule has 2 aromatic rings. The summed E-state index contributed by atoms with van der Waals surface area (Å²) in [5.41, 5.74) is 0.115. The normalized spacial score (nSPS) is 11.3. The Labute approximate surface area is 114 Å². The number of hydrogen-bond acceptors (Lipinski definition) is 5. The molecule has 0 aliphatic carbocycles. The van der Waals surface area contributed by atoms with Gasteiger partial charge in [0.25, 0.3) is 10.0 Å². The first-order valence-corrected chi connectivity index (χ1v) is 6.85. The Morgan fingerprint density at radius 2 is 1.95 bits per heavy atom. The topological polar surface area (TPSA) is 106 Å². The molecule has 19 heavy (non-hydrogen) atoms. The van der Waals surface area contributed by atoms with Crippen molar-refractivity contribution in [2.24, 2.45) is 14.1 Å². The molecule has 0 spiro atoms. The zero-order valence-corrected chi connectivity index (χ0v) is 11.6. The van der Waals surface area contributed by atoms with E-state index in [1.165, 1.54) is 31.2 Å². The summed E-state index contributed by atoms with van der Waals surface area (Å²) in [5.74, 6) is 0.0692. The minimum absolute atomic E-state index is 0.00400. The smallest absolute Gasteiger partial charge is 0.261 e. The summed E-state index contributed by atoms with van der Waals surface area (Å²) in [7, 11) is -0.979. The molecule has 0 bridgehead atoms. The molecule has 0 fully saturated rings. The molecule has 1 N–H and O–H groups in total. The summed E-state index contributed by atoms with van der Waals surface area (Å²) in [6, 6.07) is 1.85. The van der Waals surface area contributed by atoms with Crippen LogP contribution in [0.5, 0.6) is 0 Å². The summed E-state index contributed by atoms with van der Waals surface area (Å²) < 4.78 is 29.1. The van der Waals surface area contributed by atoms with Crippen LogP contribution in [-0.4, -0.2) is 28.0 Å². The van der Waals surface area contributed by atoms with Gasteiger partial charge in [0.2, 0.25) is 0 Å². The van der Waals surface area contributed by atoms with Gasteiger partial charge in [-0.05, 0) is 0 Å². The molecule has 0 saturated heterocycles. The largest absolute Gasteiger partial charge is 0.281 e. The van der Waals surface area contributed by atoms with Gasteiger partial charge >= 0.3 is 0 Å². The second-order valence-electron chi connectivity index (χ2n) is 3.67. The van der Waals surface area contributed by atoms with Crippen molar-refractivity contribution in [2.45, 2.75) is 5.03 Å². The Morgan fingerprint density at radius 3 is 2.47 bits per heavy atom. The zero-order valence-electron chi connectivity index (χ0n) is 9.99. The number of sulfonamides is 1. The monoisotopic (exact) mass is 300 g/mol. The molecule has 0 atom stereocenters. The Kier molecular flexibility index (Phi) is 3.21. The molecule has 0 aromatic carbocycles. The van der Waals surface area contributed by atoms with Crippen molar-refractivity contribution in [2.75, 3.05) is 4.72 Å². The number of hydrogen-bond donors (Lipinski definition) is 1. The molecule has 2 heterocycles. The van der Waals surface area contributed by atoms with E-state index in [9.17, 15) is 8.42 Å². The maximum Gasteiger partial charge on any atom is 0.281 e. The van der Waals surface area contributed by atoms with Crippen molar-refractivity contribution in [1.29, 1.82) is 5.26 Å². The summed E-state index contributed by atoms with van der Waals surface area (Å²) in [5, 5.41) is 16.3. The van der Waals surface area contributed by atoms with Crippen LogP contribution in [0.1, 0.15) is 5.56 Å². The molecule has 0 aliphatic rings. The van der Waals surface area contributed by atoms with Crippen LogP contribution in [0.3, 0.4) is 0 Å². The Hall–Kier alpha value is -2.05. The van der Waals surface area contributed by atoms with Gasteiger partial charge in [-0.3, -0.25) is 14.1 Å². The highest BCUT2D eigenvalue weighted by molar-refractivity contribution is 7.92. The minimum Gasteiger partial charge on any atom is -0.261 e. The molecule has 0 unspecified atom stereocenters. The molecular formula is C9H9ClN6O2S. The average molecular weight is 301 g/mol. The molecule has 2 aromatic heterocycles. The number of nitriles is 1. The van der Waals surface area contributed by atoms with Gasteiger partial charge in [0, 0.05) is 14.1 Å². The van der Waals surface area contributed by atoms with Crippen LogP contribution in [0.4, 0.5) is 5.82 Å². The van der Waals surface area contributed by atoms with E-state index in [1.807, 2.05) is 6.07 Å². The maximum absolute atomic E-state index is 12.2. The third kappa shape index (κ3) is 2.27. The summed E-state index contributed by atoms with van der Waals surface area (Å²) in [6.45, 7) is 0. The fourth-order valence-electron chi connectivity index (χ4n) is 1.52. The van der Waals surface area contributed by atoms with Crippen LogP contribution < -0.4 is 4.72 Å². The lowest BCUT2D eigenvalue weighted by molar-refractivity contribution is 0.581. The maximum atomic E-state index is 12.2. The van der Waals surface area contributed by atoms with E-state index in [0.717, 1.165) is 4.68 Å². The van der Waals surface area contributed by atoms with Gasteiger partial charge in [-0.25, -0.2) is 0 Å². The molecular weight excluding hydrogens is 292 g/mol. The van der Waals surface area contributed by atoms with Crippen LogP contribution in [0.25, 0.3) is 0 Å². The summed E-state index contributed by atoms with van der Waals surface area (Å²) in [6.07, 6.45) is 2.49. The Bertz CT molecular complexity index is 750. The van der Waals surface area contributed by atoms with Gasteiger partial charge in [-0.15, -0.1) is 0 Å². The van der Waals surface area contributed by atoms with E-state index in [2.05, 4.69) is 14.9 Å². The van der Waals surface area contributed by atoms with Gasteiger partial charge in [-0.2, -0.15) is 23.9 Å². The van der Waals surface area contributed by atoms with Crippen LogP contribution in [-0.2, 0) is 24.1 Å². The van der Waals surface area contributed by atoms with E-state index in [-0.39, 0.29) is 21.4 Å². The SMILES string of the molecule is Cn1ncc(C#N)c1NS(=O)(=O)c1c(Cl)cnn1C. The molecule has 0 saturated carbocycles. The van der Waals surface area contributed by atoms with Crippen molar-refractivity contribution in [3.63, 3.8) is 0 Å². The third-order valence-corrected chi connectivity index (χ3v) is 4.23. The first-order chi connectivity index (χ1) is 8.86. The van der Waals surface area contributed by atoms with Crippen molar-refractivity contribution in [3.05, 3.63) is 23.0 Å². The number of halogens is 1. The van der Waals surface area contributed by atoms with Gasteiger partial charge < -0.3 is 0 Å². The lowest BCUT2D eigenvalue weighted by Crippen LogP contribution is -2.19. The van der Waals surface area contributed by atoms with Crippen molar-refractivity contribution >= 4 is 27.4 Å². The van der Waals surface area contributed by atoms with Crippen LogP contribution in [0.2, 0.25) is 5.02 Å². The van der Waals surface area contributed by atoms with E-state index in [0.29, 0.717) is 0 Å². The Morgan fingerprint density at radius 1 is 1.32 bits per heavy atom. The lowest BCUT2D eigenvalue weighted by atomic mass is 10.4. The fraction of sp³-hybridized carbons (Fsp3) is 0.222. The molecule has 8 nitrogen and oxygen atoms in total. The van der Waals surface area contributed by atoms with Gasteiger partial charge in [-0.1, -0.05) is 11.6 Å². The predicted octanol–water partition coefficient (Wildman–Crippen LogP) is 0.479. The van der Waals surface area contributed by atoms with Gasteiger partial charge in [0.05, 0.1) is 17.4 Å². The fourth-order valence-corrected chi connectivity index (χ4v) is 3.29. The number of aryl methyl sites for hydroxylation is 2. The first kappa shape index (κ1) is 13.4. The highest BCUT2D eigenvalue weighted by atomic mass is 35.5. The van der Waals surface area contributed by atoms with Crippen molar-refractivity contribution < 1.29 is 8.42 Å². The number of nitrogens with one attached hydrogen (secondary N) is 1. The van der Waals surface area contributed by atoms with Crippen LogP contribution >= 0.6 is 11.6 Å². The summed E-state index contributed by atoms with van der Waals surface area (Å²) >= 11 is 5.79. The predicted molar refractivity (Wildman–Crippen MR) is 66.9 cm³/mol. The molecule has 2 rings (SSSR count). The van der Waals surface area contributed by atoms with E-state index >= 15 is 0 Å². The molecule has 100 valence electrons. The van der Waals surface area contributed by atoms with E-state index in [4.69, 9.17) is 16.9 Å². The average Bonchev–Trinajstić information content (AvgIpc) is 2.84. The number of aromatic nitrogens is 4. The molecule has 10 heteroatoms. The third-order valence-electron chi connectivity index (χ3n) is 2.39. The Balaban J connectivity index is 2.49. The zero-order chi connectivity index (χ0) is 14.2. The van der Waals surface area contributed by atoms with Crippen LogP contribution in [0, 0.1) is 11.3 Å². The summed E-state index contributed by atoms with van der Waals surface area (Å²) in [4.78, 5) is 0. The van der Waals surface area contributed by atoms with E-state index < -0.39 is 10.0 Å². The lowest BCUT2D eigenvalue weighted by Gasteiger charge is -2.09. The van der Waals surface area contributed by atoms with Crippen molar-refractivity contribution in [3.8, 4) is 6.07 Å².